The van der Waals surface area contributed by atoms with E-state index in [4.69, 9.17) is 12.2 Å². The standard InChI is InChI=1S/C9H19NS/c1-5-6-7-10(8-11)9(2,3)4/h8H,5-7H2,1-4H3. The Kier molecular flexibility index (Phi) is 4.66. The molecular formula is C9H19NS. The predicted octanol–water partition coefficient (Wildman–Crippen LogP) is 2.84. The molecule has 0 rings (SSSR count). The summed E-state index contributed by atoms with van der Waals surface area (Å²) in [6, 6.07) is 0. The molecule has 0 aromatic rings. The predicted molar refractivity (Wildman–Crippen MR) is 55.0 cm³/mol. The summed E-state index contributed by atoms with van der Waals surface area (Å²) in [5.74, 6) is 0. The quantitative estimate of drug-likeness (QED) is 0.601. The zero-order valence-corrected chi connectivity index (χ0v) is 8.87. The van der Waals surface area contributed by atoms with E-state index >= 15 is 0 Å². The first-order valence-corrected chi connectivity index (χ1v) is 4.71. The van der Waals surface area contributed by atoms with Crippen LogP contribution in [0.4, 0.5) is 0 Å². The molecule has 0 aliphatic rings. The third-order valence-corrected chi connectivity index (χ3v) is 2.00. The fourth-order valence-electron chi connectivity index (χ4n) is 0.875. The van der Waals surface area contributed by atoms with Crippen LogP contribution in [-0.4, -0.2) is 22.5 Å². The monoisotopic (exact) mass is 173 g/mol. The Morgan fingerprint density at radius 1 is 1.36 bits per heavy atom. The molecule has 0 aliphatic heterocycles. The maximum atomic E-state index is 4.94. The van der Waals surface area contributed by atoms with Gasteiger partial charge in [0.05, 0.1) is 5.49 Å². The van der Waals surface area contributed by atoms with Crippen LogP contribution >= 0.6 is 12.2 Å². The molecule has 0 atom stereocenters. The van der Waals surface area contributed by atoms with E-state index in [1.165, 1.54) is 12.8 Å². The van der Waals surface area contributed by atoms with Gasteiger partial charge >= 0.3 is 0 Å². The number of hydrogen-bond donors (Lipinski definition) is 0. The molecule has 0 heterocycles. The molecule has 0 saturated carbocycles. The summed E-state index contributed by atoms with van der Waals surface area (Å²) in [4.78, 5) is 2.21. The van der Waals surface area contributed by atoms with Crippen LogP contribution in [0.3, 0.4) is 0 Å². The average Bonchev–Trinajstić information content (AvgIpc) is 1.87. The van der Waals surface area contributed by atoms with E-state index in [1.807, 2.05) is 0 Å². The number of unbranched alkanes of at least 4 members (excludes halogenated alkanes) is 1. The maximum absolute atomic E-state index is 4.94. The molecule has 0 bridgehead atoms. The van der Waals surface area contributed by atoms with Gasteiger partial charge in [-0.1, -0.05) is 25.6 Å². The van der Waals surface area contributed by atoms with Gasteiger partial charge in [-0.3, -0.25) is 0 Å². The second-order valence-electron chi connectivity index (χ2n) is 3.82. The van der Waals surface area contributed by atoms with Crippen molar-refractivity contribution in [2.45, 2.75) is 46.1 Å². The minimum Gasteiger partial charge on any atom is -0.364 e. The summed E-state index contributed by atoms with van der Waals surface area (Å²) in [5.41, 5.74) is 1.96. The third-order valence-electron chi connectivity index (χ3n) is 1.74. The van der Waals surface area contributed by atoms with Crippen LogP contribution in [0.1, 0.15) is 40.5 Å². The van der Waals surface area contributed by atoms with Crippen LogP contribution < -0.4 is 0 Å². The number of nitrogens with zero attached hydrogens (tertiary/aromatic N) is 1. The summed E-state index contributed by atoms with van der Waals surface area (Å²) in [6.45, 7) is 9.84. The zero-order valence-electron chi connectivity index (χ0n) is 8.05. The highest BCUT2D eigenvalue weighted by Crippen LogP contribution is 2.11. The third kappa shape index (κ3) is 4.35. The van der Waals surface area contributed by atoms with Crippen molar-refractivity contribution in [2.24, 2.45) is 0 Å². The van der Waals surface area contributed by atoms with Crippen molar-refractivity contribution < 1.29 is 0 Å². The Bertz CT molecular complexity index is 115. The van der Waals surface area contributed by atoms with E-state index in [9.17, 15) is 0 Å². The van der Waals surface area contributed by atoms with Crippen molar-refractivity contribution in [3.63, 3.8) is 0 Å². The van der Waals surface area contributed by atoms with Crippen LogP contribution in [0.2, 0.25) is 0 Å². The zero-order chi connectivity index (χ0) is 8.91. The highest BCUT2D eigenvalue weighted by atomic mass is 32.1. The molecule has 2 heteroatoms. The van der Waals surface area contributed by atoms with Crippen LogP contribution in [0.25, 0.3) is 0 Å². The minimum absolute atomic E-state index is 0.191. The highest BCUT2D eigenvalue weighted by Gasteiger charge is 2.16. The Hall–Kier alpha value is -0.110. The van der Waals surface area contributed by atoms with Crippen LogP contribution in [0.15, 0.2) is 0 Å². The average molecular weight is 173 g/mol. The normalized spacial score (nSPS) is 11.3. The molecule has 0 saturated heterocycles. The van der Waals surface area contributed by atoms with Gasteiger partial charge in [0.1, 0.15) is 0 Å². The van der Waals surface area contributed by atoms with Gasteiger partial charge in [0.25, 0.3) is 0 Å². The van der Waals surface area contributed by atoms with Gasteiger partial charge < -0.3 is 4.90 Å². The lowest BCUT2D eigenvalue weighted by atomic mass is 10.1. The summed E-state index contributed by atoms with van der Waals surface area (Å²) in [7, 11) is 0. The van der Waals surface area contributed by atoms with Gasteiger partial charge in [-0.05, 0) is 27.2 Å². The van der Waals surface area contributed by atoms with Gasteiger partial charge in [0, 0.05) is 12.1 Å². The molecule has 11 heavy (non-hydrogen) atoms. The SMILES string of the molecule is CCCCN(C=S)C(C)(C)C. The smallest absolute Gasteiger partial charge is 0.0645 e. The molecule has 0 aromatic heterocycles. The maximum Gasteiger partial charge on any atom is 0.0645 e. The van der Waals surface area contributed by atoms with E-state index in [0.29, 0.717) is 0 Å². The van der Waals surface area contributed by atoms with Gasteiger partial charge in [-0.25, -0.2) is 0 Å². The van der Waals surface area contributed by atoms with E-state index in [2.05, 4.69) is 32.6 Å². The lowest BCUT2D eigenvalue weighted by molar-refractivity contribution is 0.245. The Labute approximate surface area is 75.8 Å². The fraction of sp³-hybridized carbons (Fsp3) is 0.889. The van der Waals surface area contributed by atoms with Crippen LogP contribution in [-0.2, 0) is 0 Å². The first-order valence-electron chi connectivity index (χ1n) is 4.24. The lowest BCUT2D eigenvalue weighted by Crippen LogP contribution is -2.40. The molecule has 0 amide bonds. The molecule has 0 N–H and O–H groups in total. The van der Waals surface area contributed by atoms with E-state index < -0.39 is 0 Å². The van der Waals surface area contributed by atoms with Gasteiger partial charge in [-0.15, -0.1) is 0 Å². The van der Waals surface area contributed by atoms with E-state index in [0.717, 1.165) is 6.54 Å². The molecular weight excluding hydrogens is 154 g/mol. The van der Waals surface area contributed by atoms with Crippen molar-refractivity contribution in [3.8, 4) is 0 Å². The van der Waals surface area contributed by atoms with Gasteiger partial charge in [-0.2, -0.15) is 0 Å². The molecule has 0 fully saturated rings. The summed E-state index contributed by atoms with van der Waals surface area (Å²) in [6.07, 6.45) is 2.46. The molecule has 0 aromatic carbocycles. The first kappa shape index (κ1) is 10.9. The molecule has 0 spiro atoms. The Morgan fingerprint density at radius 2 is 1.91 bits per heavy atom. The summed E-state index contributed by atoms with van der Waals surface area (Å²) >= 11 is 4.94. The number of hydrogen-bond acceptors (Lipinski definition) is 1. The summed E-state index contributed by atoms with van der Waals surface area (Å²) in [5, 5.41) is 0. The largest absolute Gasteiger partial charge is 0.364 e. The molecule has 0 unspecified atom stereocenters. The molecule has 0 radical (unpaired) electrons. The second kappa shape index (κ2) is 4.70. The van der Waals surface area contributed by atoms with Crippen molar-refractivity contribution in [1.82, 2.24) is 4.90 Å². The first-order chi connectivity index (χ1) is 5.02. The van der Waals surface area contributed by atoms with Crippen molar-refractivity contribution >= 4 is 17.7 Å². The molecule has 66 valence electrons. The van der Waals surface area contributed by atoms with E-state index in [-0.39, 0.29) is 5.54 Å². The number of thiocarbonyl (C=S) groups is 1. The fourth-order valence-corrected chi connectivity index (χ4v) is 1.30. The number of rotatable bonds is 4. The van der Waals surface area contributed by atoms with Crippen LogP contribution in [0.5, 0.6) is 0 Å². The van der Waals surface area contributed by atoms with E-state index in [1.54, 1.807) is 5.49 Å². The topological polar surface area (TPSA) is 3.24 Å². The Balaban J connectivity index is 3.86. The van der Waals surface area contributed by atoms with Crippen molar-refractivity contribution in [2.75, 3.05) is 6.54 Å². The second-order valence-corrected chi connectivity index (χ2v) is 4.03. The van der Waals surface area contributed by atoms with Crippen molar-refractivity contribution in [3.05, 3.63) is 0 Å². The highest BCUT2D eigenvalue weighted by molar-refractivity contribution is 7.78. The molecule has 1 nitrogen and oxygen atoms in total. The van der Waals surface area contributed by atoms with Crippen LogP contribution in [0, 0.1) is 0 Å². The summed E-state index contributed by atoms with van der Waals surface area (Å²) < 4.78 is 0. The minimum atomic E-state index is 0.191. The van der Waals surface area contributed by atoms with Crippen molar-refractivity contribution in [1.29, 1.82) is 0 Å². The Morgan fingerprint density at radius 3 is 2.18 bits per heavy atom. The molecule has 0 aliphatic carbocycles. The van der Waals surface area contributed by atoms with Gasteiger partial charge in [0.2, 0.25) is 0 Å². The van der Waals surface area contributed by atoms with Gasteiger partial charge in [0.15, 0.2) is 0 Å². The lowest BCUT2D eigenvalue weighted by Gasteiger charge is -2.33.